The Bertz CT molecular complexity index is 702. The highest BCUT2D eigenvalue weighted by molar-refractivity contribution is 6.35. The number of fused-ring (bicyclic) bond motifs is 1. The number of hydrogen-bond acceptors (Lipinski definition) is 1. The van der Waals surface area contributed by atoms with Crippen LogP contribution in [0.5, 0.6) is 0 Å². The molecule has 0 N–H and O–H groups in total. The number of benzene rings is 2. The number of aryl methyl sites for hydroxylation is 1. The zero-order chi connectivity index (χ0) is 12.5. The van der Waals surface area contributed by atoms with E-state index < -0.39 is 0 Å². The molecule has 1 heterocycles. The van der Waals surface area contributed by atoms with Crippen LogP contribution in [0.15, 0.2) is 54.7 Å². The predicted octanol–water partition coefficient (Wildman–Crippen LogP) is 4.86. The highest BCUT2D eigenvalue weighted by Crippen LogP contribution is 2.27. The van der Waals surface area contributed by atoms with Crippen LogP contribution < -0.4 is 0 Å². The zero-order valence-electron chi connectivity index (χ0n) is 10.0. The van der Waals surface area contributed by atoms with Gasteiger partial charge in [0, 0.05) is 11.6 Å². The van der Waals surface area contributed by atoms with Crippen LogP contribution in [0.1, 0.15) is 5.56 Å². The molecule has 18 heavy (non-hydrogen) atoms. The van der Waals surface area contributed by atoms with Gasteiger partial charge in [0.25, 0.3) is 0 Å². The fourth-order valence-corrected chi connectivity index (χ4v) is 2.25. The molecule has 0 saturated carbocycles. The largest absolute Gasteiger partial charge is 0.256 e. The Labute approximate surface area is 111 Å². The third-order valence-corrected chi connectivity index (χ3v) is 3.40. The predicted molar refractivity (Wildman–Crippen MR) is 76.9 cm³/mol. The molecule has 1 aromatic heterocycles. The van der Waals surface area contributed by atoms with Gasteiger partial charge in [0.1, 0.15) is 0 Å². The fraction of sp³-hybridized carbons (Fsp3) is 0.0625. The van der Waals surface area contributed by atoms with Crippen LogP contribution in [0.25, 0.3) is 22.0 Å². The van der Waals surface area contributed by atoms with E-state index in [0.29, 0.717) is 0 Å². The maximum Gasteiger partial charge on any atom is 0.0717 e. The summed E-state index contributed by atoms with van der Waals surface area (Å²) in [7, 11) is 0. The average molecular weight is 254 g/mol. The molecule has 2 aromatic carbocycles. The normalized spacial score (nSPS) is 10.8. The van der Waals surface area contributed by atoms with Gasteiger partial charge in [0.05, 0.1) is 10.5 Å². The van der Waals surface area contributed by atoms with E-state index in [1.54, 1.807) is 6.20 Å². The third kappa shape index (κ3) is 1.98. The minimum absolute atomic E-state index is 0.744. The lowest BCUT2D eigenvalue weighted by atomic mass is 10.0. The van der Waals surface area contributed by atoms with Crippen molar-refractivity contribution < 1.29 is 0 Å². The van der Waals surface area contributed by atoms with Crippen LogP contribution in [0.2, 0.25) is 5.02 Å². The van der Waals surface area contributed by atoms with E-state index in [9.17, 15) is 0 Å². The van der Waals surface area contributed by atoms with Crippen molar-refractivity contribution in [3.63, 3.8) is 0 Å². The summed E-state index contributed by atoms with van der Waals surface area (Å²) in [6, 6.07) is 16.5. The van der Waals surface area contributed by atoms with Crippen LogP contribution >= 0.6 is 11.6 Å². The van der Waals surface area contributed by atoms with E-state index in [4.69, 9.17) is 11.6 Å². The van der Waals surface area contributed by atoms with Crippen LogP contribution in [-0.4, -0.2) is 4.98 Å². The van der Waals surface area contributed by atoms with Gasteiger partial charge in [-0.1, -0.05) is 47.5 Å². The van der Waals surface area contributed by atoms with E-state index in [1.165, 1.54) is 11.1 Å². The number of halogens is 1. The Morgan fingerprint density at radius 1 is 0.889 bits per heavy atom. The maximum atomic E-state index is 6.20. The molecule has 0 fully saturated rings. The van der Waals surface area contributed by atoms with Crippen molar-refractivity contribution in [2.24, 2.45) is 0 Å². The van der Waals surface area contributed by atoms with Crippen molar-refractivity contribution in [1.82, 2.24) is 4.98 Å². The average Bonchev–Trinajstić information content (AvgIpc) is 2.40. The molecule has 0 amide bonds. The molecule has 2 heteroatoms. The standard InChI is InChI=1S/C16H12ClN/c1-11-2-4-12(5-3-11)13-6-7-16-14(10-13)15(17)8-9-18-16/h2-10H,1H3. The molecular weight excluding hydrogens is 242 g/mol. The molecule has 1 nitrogen and oxygen atoms in total. The van der Waals surface area contributed by atoms with Crippen LogP contribution in [0, 0.1) is 6.92 Å². The molecule has 0 atom stereocenters. The van der Waals surface area contributed by atoms with Gasteiger partial charge in [0.2, 0.25) is 0 Å². The van der Waals surface area contributed by atoms with Crippen molar-refractivity contribution in [1.29, 1.82) is 0 Å². The van der Waals surface area contributed by atoms with Crippen molar-refractivity contribution in [3.8, 4) is 11.1 Å². The summed E-state index contributed by atoms with van der Waals surface area (Å²) in [5.41, 5.74) is 4.55. The van der Waals surface area contributed by atoms with Crippen molar-refractivity contribution >= 4 is 22.5 Å². The minimum atomic E-state index is 0.744. The zero-order valence-corrected chi connectivity index (χ0v) is 10.8. The molecule has 0 unspecified atom stereocenters. The molecule has 0 radical (unpaired) electrons. The Kier molecular flexibility index (Phi) is 2.77. The number of rotatable bonds is 1. The quantitative estimate of drug-likeness (QED) is 0.603. The van der Waals surface area contributed by atoms with Crippen LogP contribution in [0.4, 0.5) is 0 Å². The lowest BCUT2D eigenvalue weighted by Gasteiger charge is -2.05. The summed E-state index contributed by atoms with van der Waals surface area (Å²) in [5, 5.41) is 1.74. The molecule has 0 aliphatic heterocycles. The third-order valence-electron chi connectivity index (χ3n) is 3.07. The summed E-state index contributed by atoms with van der Waals surface area (Å²) in [6.45, 7) is 2.09. The fourth-order valence-electron chi connectivity index (χ4n) is 2.04. The second kappa shape index (κ2) is 4.43. The first-order chi connectivity index (χ1) is 8.74. The van der Waals surface area contributed by atoms with E-state index in [1.807, 2.05) is 12.1 Å². The molecule has 0 bridgehead atoms. The molecule has 0 aliphatic carbocycles. The Morgan fingerprint density at radius 3 is 2.39 bits per heavy atom. The first kappa shape index (κ1) is 11.2. The monoisotopic (exact) mass is 253 g/mol. The molecule has 0 spiro atoms. The van der Waals surface area contributed by atoms with E-state index in [0.717, 1.165) is 21.5 Å². The lowest BCUT2D eigenvalue weighted by Crippen LogP contribution is -1.82. The first-order valence-electron chi connectivity index (χ1n) is 5.85. The van der Waals surface area contributed by atoms with Crippen LogP contribution in [-0.2, 0) is 0 Å². The Hall–Kier alpha value is -1.86. The van der Waals surface area contributed by atoms with Gasteiger partial charge < -0.3 is 0 Å². The second-order valence-electron chi connectivity index (χ2n) is 4.39. The lowest BCUT2D eigenvalue weighted by molar-refractivity contribution is 1.41. The van der Waals surface area contributed by atoms with Gasteiger partial charge in [-0.2, -0.15) is 0 Å². The minimum Gasteiger partial charge on any atom is -0.256 e. The van der Waals surface area contributed by atoms with Gasteiger partial charge in [-0.25, -0.2) is 0 Å². The highest BCUT2D eigenvalue weighted by Gasteiger charge is 2.03. The topological polar surface area (TPSA) is 12.9 Å². The van der Waals surface area contributed by atoms with Gasteiger partial charge in [-0.3, -0.25) is 4.98 Å². The summed E-state index contributed by atoms with van der Waals surface area (Å²) in [4.78, 5) is 4.31. The summed E-state index contributed by atoms with van der Waals surface area (Å²) in [6.07, 6.45) is 1.73. The number of pyridine rings is 1. The molecular formula is C16H12ClN. The van der Waals surface area contributed by atoms with Crippen LogP contribution in [0.3, 0.4) is 0 Å². The summed E-state index contributed by atoms with van der Waals surface area (Å²) >= 11 is 6.20. The second-order valence-corrected chi connectivity index (χ2v) is 4.80. The molecule has 0 aliphatic rings. The van der Waals surface area contributed by atoms with Gasteiger partial charge in [-0.05, 0) is 36.2 Å². The summed E-state index contributed by atoms with van der Waals surface area (Å²) in [5.74, 6) is 0. The summed E-state index contributed by atoms with van der Waals surface area (Å²) < 4.78 is 0. The highest BCUT2D eigenvalue weighted by atomic mass is 35.5. The number of hydrogen-bond donors (Lipinski definition) is 0. The van der Waals surface area contributed by atoms with Crippen molar-refractivity contribution in [2.75, 3.05) is 0 Å². The Balaban J connectivity index is 2.18. The SMILES string of the molecule is Cc1ccc(-c2ccc3nccc(Cl)c3c2)cc1. The van der Waals surface area contributed by atoms with Gasteiger partial charge in [-0.15, -0.1) is 0 Å². The smallest absolute Gasteiger partial charge is 0.0717 e. The maximum absolute atomic E-state index is 6.20. The van der Waals surface area contributed by atoms with E-state index in [2.05, 4.69) is 48.3 Å². The number of aromatic nitrogens is 1. The first-order valence-corrected chi connectivity index (χ1v) is 6.23. The molecule has 3 aromatic rings. The van der Waals surface area contributed by atoms with Crippen molar-refractivity contribution in [2.45, 2.75) is 6.92 Å². The van der Waals surface area contributed by atoms with E-state index >= 15 is 0 Å². The number of nitrogens with zero attached hydrogens (tertiary/aromatic N) is 1. The van der Waals surface area contributed by atoms with E-state index in [-0.39, 0.29) is 0 Å². The van der Waals surface area contributed by atoms with Crippen molar-refractivity contribution in [3.05, 3.63) is 65.3 Å². The molecule has 3 rings (SSSR count). The molecule has 0 saturated heterocycles. The van der Waals surface area contributed by atoms with Gasteiger partial charge >= 0.3 is 0 Å². The van der Waals surface area contributed by atoms with Gasteiger partial charge in [0.15, 0.2) is 0 Å². The molecule has 88 valence electrons. The Morgan fingerprint density at radius 2 is 1.61 bits per heavy atom.